The van der Waals surface area contributed by atoms with Gasteiger partial charge in [-0.25, -0.2) is 13.2 Å². The molecular formula is C9H14F3NO. The number of nitrogens with zero attached hydrogens (tertiary/aromatic N) is 1. The highest BCUT2D eigenvalue weighted by molar-refractivity contribution is 5.53. The highest BCUT2D eigenvalue weighted by atomic mass is 19.3. The first-order chi connectivity index (χ1) is 6.69. The Labute approximate surface area is 81.1 Å². The fraction of sp³-hybridized carbons (Fsp3) is 0.889. The Kier molecular flexibility index (Phi) is 4.38. The van der Waals surface area contributed by atoms with Gasteiger partial charge in [-0.2, -0.15) is 0 Å². The van der Waals surface area contributed by atoms with Crippen LogP contribution in [-0.2, 0) is 4.79 Å². The monoisotopic (exact) mass is 209 g/mol. The molecule has 82 valence electrons. The van der Waals surface area contributed by atoms with Crippen molar-refractivity contribution in [3.05, 3.63) is 0 Å². The molecule has 0 aromatic carbocycles. The van der Waals surface area contributed by atoms with E-state index in [1.165, 1.54) is 4.90 Å². The predicted molar refractivity (Wildman–Crippen MR) is 46.1 cm³/mol. The Hall–Kier alpha value is -0.580. The molecule has 14 heavy (non-hydrogen) atoms. The first-order valence-electron chi connectivity index (χ1n) is 4.72. The fourth-order valence-corrected chi connectivity index (χ4v) is 1.71. The number of hydrogen-bond acceptors (Lipinski definition) is 2. The van der Waals surface area contributed by atoms with Gasteiger partial charge in [0.1, 0.15) is 13.0 Å². The zero-order valence-corrected chi connectivity index (χ0v) is 7.83. The lowest BCUT2D eigenvalue weighted by atomic mass is 9.97. The maximum absolute atomic E-state index is 12.3. The first-order valence-corrected chi connectivity index (χ1v) is 4.72. The van der Waals surface area contributed by atoms with E-state index in [9.17, 15) is 18.0 Å². The molecule has 1 rings (SSSR count). The Balaban J connectivity index is 2.43. The van der Waals surface area contributed by atoms with Crippen LogP contribution < -0.4 is 0 Å². The summed E-state index contributed by atoms with van der Waals surface area (Å²) in [6, 6.07) is -1.29. The standard InChI is InChI=1S/C9H14F3NO/c10-5-8(9(11)12)13-3-1-7(6-14)2-4-13/h6-9H,1-5H2. The average Bonchev–Trinajstić information content (AvgIpc) is 2.19. The number of likely N-dealkylation sites (tertiary alicyclic amines) is 1. The summed E-state index contributed by atoms with van der Waals surface area (Å²) in [5.74, 6) is -0.0378. The van der Waals surface area contributed by atoms with Crippen LogP contribution in [0.3, 0.4) is 0 Å². The highest BCUT2D eigenvalue weighted by Gasteiger charge is 2.30. The molecule has 1 saturated heterocycles. The maximum atomic E-state index is 12.3. The van der Waals surface area contributed by atoms with Crippen LogP contribution in [0.1, 0.15) is 12.8 Å². The van der Waals surface area contributed by atoms with E-state index in [-0.39, 0.29) is 5.92 Å². The normalized spacial score (nSPS) is 22.6. The highest BCUT2D eigenvalue weighted by Crippen LogP contribution is 2.20. The summed E-state index contributed by atoms with van der Waals surface area (Å²) in [6.45, 7) is -0.242. The maximum Gasteiger partial charge on any atom is 0.256 e. The minimum absolute atomic E-state index is 0.0378. The quantitative estimate of drug-likeness (QED) is 0.654. The molecule has 5 heteroatoms. The largest absolute Gasteiger partial charge is 0.303 e. The Bertz CT molecular complexity index is 181. The van der Waals surface area contributed by atoms with E-state index in [0.29, 0.717) is 25.9 Å². The molecule has 0 N–H and O–H groups in total. The number of halogens is 3. The molecule has 2 nitrogen and oxygen atoms in total. The van der Waals surface area contributed by atoms with E-state index in [1.807, 2.05) is 0 Å². The number of hydrogen-bond donors (Lipinski definition) is 0. The third-order valence-corrected chi connectivity index (χ3v) is 2.68. The number of aldehydes is 1. The molecule has 1 aliphatic heterocycles. The van der Waals surface area contributed by atoms with Gasteiger partial charge in [0.15, 0.2) is 0 Å². The first kappa shape index (κ1) is 11.5. The lowest BCUT2D eigenvalue weighted by Gasteiger charge is -2.34. The number of piperidine rings is 1. The molecule has 0 aromatic rings. The van der Waals surface area contributed by atoms with Crippen molar-refractivity contribution in [1.82, 2.24) is 4.90 Å². The molecule has 0 aromatic heterocycles. The van der Waals surface area contributed by atoms with Gasteiger partial charge in [-0.15, -0.1) is 0 Å². The van der Waals surface area contributed by atoms with Crippen molar-refractivity contribution < 1.29 is 18.0 Å². The molecule has 1 fully saturated rings. The molecule has 1 heterocycles. The van der Waals surface area contributed by atoms with Crippen LogP contribution in [0.2, 0.25) is 0 Å². The molecule has 1 aliphatic rings. The van der Waals surface area contributed by atoms with Crippen LogP contribution in [0.15, 0.2) is 0 Å². The lowest BCUT2D eigenvalue weighted by Crippen LogP contribution is -2.46. The summed E-state index contributed by atoms with van der Waals surface area (Å²) in [7, 11) is 0. The van der Waals surface area contributed by atoms with Gasteiger partial charge >= 0.3 is 0 Å². The topological polar surface area (TPSA) is 20.3 Å². The summed E-state index contributed by atoms with van der Waals surface area (Å²) >= 11 is 0. The van der Waals surface area contributed by atoms with E-state index in [4.69, 9.17) is 0 Å². The molecule has 0 amide bonds. The lowest BCUT2D eigenvalue weighted by molar-refractivity contribution is -0.112. The molecule has 1 atom stereocenters. The molecule has 0 bridgehead atoms. The minimum atomic E-state index is -2.65. The number of carbonyl (C=O) groups is 1. The number of carbonyl (C=O) groups excluding carboxylic acids is 1. The van der Waals surface area contributed by atoms with Gasteiger partial charge in [-0.3, -0.25) is 4.90 Å². The Morgan fingerprint density at radius 1 is 1.36 bits per heavy atom. The molecule has 0 aliphatic carbocycles. The van der Waals surface area contributed by atoms with Crippen LogP contribution >= 0.6 is 0 Å². The molecule has 1 unspecified atom stereocenters. The SMILES string of the molecule is O=CC1CCN(C(CF)C(F)F)CC1. The van der Waals surface area contributed by atoms with Gasteiger partial charge in [0, 0.05) is 5.92 Å². The predicted octanol–water partition coefficient (Wildman–Crippen LogP) is 1.50. The number of alkyl halides is 3. The Morgan fingerprint density at radius 3 is 2.29 bits per heavy atom. The second-order valence-corrected chi connectivity index (χ2v) is 3.57. The van der Waals surface area contributed by atoms with Crippen LogP contribution in [-0.4, -0.2) is 43.4 Å². The third-order valence-electron chi connectivity index (χ3n) is 2.68. The van der Waals surface area contributed by atoms with Crippen LogP contribution in [0.5, 0.6) is 0 Å². The summed E-state index contributed by atoms with van der Waals surface area (Å²) < 4.78 is 36.9. The van der Waals surface area contributed by atoms with E-state index >= 15 is 0 Å². The van der Waals surface area contributed by atoms with Crippen molar-refractivity contribution in [1.29, 1.82) is 0 Å². The van der Waals surface area contributed by atoms with Crippen molar-refractivity contribution in [2.24, 2.45) is 5.92 Å². The van der Waals surface area contributed by atoms with Gasteiger partial charge in [0.25, 0.3) is 6.43 Å². The molecule has 0 radical (unpaired) electrons. The third kappa shape index (κ3) is 2.70. The fourth-order valence-electron chi connectivity index (χ4n) is 1.71. The van der Waals surface area contributed by atoms with Crippen LogP contribution in [0.4, 0.5) is 13.2 Å². The average molecular weight is 209 g/mol. The van der Waals surface area contributed by atoms with Crippen molar-refractivity contribution >= 4 is 6.29 Å². The molecule has 0 saturated carbocycles. The van der Waals surface area contributed by atoms with Crippen molar-refractivity contribution in [3.8, 4) is 0 Å². The van der Waals surface area contributed by atoms with Crippen molar-refractivity contribution in [2.45, 2.75) is 25.3 Å². The minimum Gasteiger partial charge on any atom is -0.303 e. The number of rotatable bonds is 4. The summed E-state index contributed by atoms with van der Waals surface area (Å²) in [4.78, 5) is 11.8. The molecule has 0 spiro atoms. The summed E-state index contributed by atoms with van der Waals surface area (Å²) in [5, 5.41) is 0. The zero-order valence-electron chi connectivity index (χ0n) is 7.83. The zero-order chi connectivity index (χ0) is 10.6. The smallest absolute Gasteiger partial charge is 0.256 e. The van der Waals surface area contributed by atoms with Crippen LogP contribution in [0.25, 0.3) is 0 Å². The van der Waals surface area contributed by atoms with Gasteiger partial charge in [-0.05, 0) is 25.9 Å². The molecular weight excluding hydrogens is 195 g/mol. The second-order valence-electron chi connectivity index (χ2n) is 3.57. The summed E-state index contributed by atoms with van der Waals surface area (Å²) in [5.41, 5.74) is 0. The van der Waals surface area contributed by atoms with E-state index < -0.39 is 19.1 Å². The van der Waals surface area contributed by atoms with E-state index in [0.717, 1.165) is 6.29 Å². The Morgan fingerprint density at radius 2 is 1.93 bits per heavy atom. The second kappa shape index (κ2) is 5.34. The van der Waals surface area contributed by atoms with Gasteiger partial charge in [0.05, 0.1) is 6.04 Å². The van der Waals surface area contributed by atoms with E-state index in [2.05, 4.69) is 0 Å². The van der Waals surface area contributed by atoms with Gasteiger partial charge in [-0.1, -0.05) is 0 Å². The van der Waals surface area contributed by atoms with E-state index in [1.54, 1.807) is 0 Å². The van der Waals surface area contributed by atoms with Crippen molar-refractivity contribution in [2.75, 3.05) is 19.8 Å². The van der Waals surface area contributed by atoms with Crippen molar-refractivity contribution in [3.63, 3.8) is 0 Å². The summed E-state index contributed by atoms with van der Waals surface area (Å²) in [6.07, 6.45) is -0.670. The van der Waals surface area contributed by atoms with Crippen LogP contribution in [0, 0.1) is 5.92 Å². The van der Waals surface area contributed by atoms with Gasteiger partial charge < -0.3 is 4.79 Å². The van der Waals surface area contributed by atoms with Gasteiger partial charge in [0.2, 0.25) is 0 Å².